The molecule has 0 aromatic heterocycles. The number of rotatable bonds is 9. The van der Waals surface area contributed by atoms with E-state index in [1.54, 1.807) is 6.07 Å². The third-order valence-electron chi connectivity index (χ3n) is 4.13. The fourth-order valence-corrected chi connectivity index (χ4v) is 3.08. The standard InChI is InChI=1S/C18H26Cl2O2/c1-4-6-7-8-13(5-2)9-10-14-11-15(18(21)22-3)17(20)16(19)12-14/h11-13H,4-10H2,1-3H3. The van der Waals surface area contributed by atoms with Gasteiger partial charge in [-0.25, -0.2) is 4.79 Å². The first kappa shape index (κ1) is 19.3. The Bertz CT molecular complexity index is 486. The molecule has 0 aliphatic rings. The number of carbonyl (C=O) groups is 1. The smallest absolute Gasteiger partial charge is 0.339 e. The van der Waals surface area contributed by atoms with Crippen molar-refractivity contribution in [2.75, 3.05) is 7.11 Å². The molecule has 0 fully saturated rings. The summed E-state index contributed by atoms with van der Waals surface area (Å²) in [5, 5.41) is 0.686. The summed E-state index contributed by atoms with van der Waals surface area (Å²) in [5.41, 5.74) is 1.40. The molecule has 0 radical (unpaired) electrons. The fourth-order valence-electron chi connectivity index (χ4n) is 2.65. The number of hydrogen-bond acceptors (Lipinski definition) is 2. The van der Waals surface area contributed by atoms with Crippen LogP contribution in [0.25, 0.3) is 0 Å². The van der Waals surface area contributed by atoms with Crippen molar-refractivity contribution in [2.24, 2.45) is 5.92 Å². The summed E-state index contributed by atoms with van der Waals surface area (Å²) < 4.78 is 4.76. The highest BCUT2D eigenvalue weighted by atomic mass is 35.5. The molecule has 4 heteroatoms. The van der Waals surface area contributed by atoms with Crippen LogP contribution in [-0.2, 0) is 11.2 Å². The number of methoxy groups -OCH3 is 1. The van der Waals surface area contributed by atoms with Gasteiger partial charge in [-0.3, -0.25) is 0 Å². The van der Waals surface area contributed by atoms with Gasteiger partial charge in [-0.15, -0.1) is 0 Å². The molecular weight excluding hydrogens is 319 g/mol. The van der Waals surface area contributed by atoms with E-state index in [0.717, 1.165) is 24.3 Å². The summed E-state index contributed by atoms with van der Waals surface area (Å²) in [6, 6.07) is 3.66. The van der Waals surface area contributed by atoms with E-state index in [4.69, 9.17) is 27.9 Å². The zero-order valence-corrected chi connectivity index (χ0v) is 15.3. The highest BCUT2D eigenvalue weighted by Crippen LogP contribution is 2.29. The van der Waals surface area contributed by atoms with Crippen molar-refractivity contribution in [2.45, 2.75) is 58.8 Å². The zero-order valence-electron chi connectivity index (χ0n) is 13.8. The van der Waals surface area contributed by atoms with E-state index in [0.29, 0.717) is 10.6 Å². The quantitative estimate of drug-likeness (QED) is 0.387. The number of halogens is 2. The van der Waals surface area contributed by atoms with E-state index in [2.05, 4.69) is 13.8 Å². The molecule has 1 unspecified atom stereocenters. The first-order chi connectivity index (χ1) is 10.5. The molecule has 0 saturated carbocycles. The third kappa shape index (κ3) is 5.81. The average Bonchev–Trinajstić information content (AvgIpc) is 2.52. The van der Waals surface area contributed by atoms with Crippen LogP contribution in [-0.4, -0.2) is 13.1 Å². The number of carbonyl (C=O) groups excluding carboxylic acids is 1. The van der Waals surface area contributed by atoms with Crippen molar-refractivity contribution in [3.05, 3.63) is 33.3 Å². The molecule has 1 atom stereocenters. The Morgan fingerprint density at radius 3 is 2.50 bits per heavy atom. The summed E-state index contributed by atoms with van der Waals surface area (Å²) in [7, 11) is 1.35. The number of esters is 1. The molecule has 0 spiro atoms. The maximum atomic E-state index is 11.7. The van der Waals surface area contributed by atoms with Gasteiger partial charge in [0.15, 0.2) is 0 Å². The van der Waals surface area contributed by atoms with Gasteiger partial charge in [-0.2, -0.15) is 0 Å². The van der Waals surface area contributed by atoms with Crippen molar-refractivity contribution < 1.29 is 9.53 Å². The van der Waals surface area contributed by atoms with Crippen molar-refractivity contribution in [1.82, 2.24) is 0 Å². The molecule has 2 nitrogen and oxygen atoms in total. The lowest BCUT2D eigenvalue weighted by Crippen LogP contribution is -2.05. The minimum atomic E-state index is -0.441. The number of benzene rings is 1. The third-order valence-corrected chi connectivity index (χ3v) is 4.93. The maximum absolute atomic E-state index is 11.7. The zero-order chi connectivity index (χ0) is 16.5. The number of unbranched alkanes of at least 4 members (excludes halogenated alkanes) is 2. The van der Waals surface area contributed by atoms with E-state index in [9.17, 15) is 4.79 Å². The minimum absolute atomic E-state index is 0.271. The molecule has 1 aromatic rings. The molecule has 0 N–H and O–H groups in total. The number of hydrogen-bond donors (Lipinski definition) is 0. The largest absolute Gasteiger partial charge is 0.465 e. The molecule has 0 aliphatic heterocycles. The Morgan fingerprint density at radius 2 is 1.91 bits per heavy atom. The second-order valence-corrected chi connectivity index (χ2v) is 6.52. The second kappa shape index (κ2) is 10.1. The normalized spacial score (nSPS) is 12.2. The van der Waals surface area contributed by atoms with Crippen molar-refractivity contribution in [1.29, 1.82) is 0 Å². The van der Waals surface area contributed by atoms with E-state index in [-0.39, 0.29) is 5.02 Å². The Balaban J connectivity index is 2.72. The van der Waals surface area contributed by atoms with E-state index in [1.807, 2.05) is 6.07 Å². The molecule has 1 rings (SSSR count). The van der Waals surface area contributed by atoms with Crippen LogP contribution in [0.15, 0.2) is 12.1 Å². The van der Waals surface area contributed by atoms with Gasteiger partial charge in [0.1, 0.15) is 0 Å². The van der Waals surface area contributed by atoms with Crippen LogP contribution in [0.5, 0.6) is 0 Å². The summed E-state index contributed by atoms with van der Waals surface area (Å²) in [6.45, 7) is 4.47. The lowest BCUT2D eigenvalue weighted by atomic mass is 9.91. The summed E-state index contributed by atoms with van der Waals surface area (Å²) >= 11 is 12.2. The molecule has 22 heavy (non-hydrogen) atoms. The molecule has 0 amide bonds. The fraction of sp³-hybridized carbons (Fsp3) is 0.611. The summed E-state index contributed by atoms with van der Waals surface area (Å²) in [5.74, 6) is 0.284. The predicted octanol–water partition coefficient (Wildman–Crippen LogP) is 6.32. The van der Waals surface area contributed by atoms with E-state index < -0.39 is 5.97 Å². The van der Waals surface area contributed by atoms with Crippen LogP contribution in [0.2, 0.25) is 10.0 Å². The van der Waals surface area contributed by atoms with Crippen LogP contribution in [0.1, 0.15) is 68.3 Å². The first-order valence-electron chi connectivity index (χ1n) is 8.09. The van der Waals surface area contributed by atoms with Crippen LogP contribution in [0.3, 0.4) is 0 Å². The summed E-state index contributed by atoms with van der Waals surface area (Å²) in [4.78, 5) is 11.7. The molecule has 124 valence electrons. The van der Waals surface area contributed by atoms with Crippen LogP contribution >= 0.6 is 23.2 Å². The Hall–Kier alpha value is -0.730. The molecular formula is C18H26Cl2O2. The van der Waals surface area contributed by atoms with Crippen LogP contribution < -0.4 is 0 Å². The Morgan fingerprint density at radius 1 is 1.18 bits per heavy atom. The van der Waals surface area contributed by atoms with Gasteiger partial charge in [0, 0.05) is 0 Å². The highest BCUT2D eigenvalue weighted by Gasteiger charge is 2.16. The van der Waals surface area contributed by atoms with Gasteiger partial charge in [-0.1, -0.05) is 69.2 Å². The first-order valence-corrected chi connectivity index (χ1v) is 8.85. The van der Waals surface area contributed by atoms with E-state index >= 15 is 0 Å². The number of ether oxygens (including phenoxy) is 1. The van der Waals surface area contributed by atoms with Gasteiger partial charge in [0.05, 0.1) is 22.7 Å². The average molecular weight is 345 g/mol. The van der Waals surface area contributed by atoms with Gasteiger partial charge >= 0.3 is 5.97 Å². The lowest BCUT2D eigenvalue weighted by molar-refractivity contribution is 0.0601. The van der Waals surface area contributed by atoms with Gasteiger partial charge in [0.2, 0.25) is 0 Å². The molecule has 0 heterocycles. The summed E-state index contributed by atoms with van der Waals surface area (Å²) in [6.07, 6.45) is 8.33. The van der Waals surface area contributed by atoms with Gasteiger partial charge in [-0.05, 0) is 36.5 Å². The van der Waals surface area contributed by atoms with Gasteiger partial charge in [0.25, 0.3) is 0 Å². The molecule has 1 aromatic carbocycles. The van der Waals surface area contributed by atoms with Crippen molar-refractivity contribution >= 4 is 29.2 Å². The minimum Gasteiger partial charge on any atom is -0.465 e. The lowest BCUT2D eigenvalue weighted by Gasteiger charge is -2.15. The topological polar surface area (TPSA) is 26.3 Å². The second-order valence-electron chi connectivity index (χ2n) is 5.74. The van der Waals surface area contributed by atoms with E-state index in [1.165, 1.54) is 39.2 Å². The molecule has 0 bridgehead atoms. The highest BCUT2D eigenvalue weighted by molar-refractivity contribution is 6.43. The predicted molar refractivity (Wildman–Crippen MR) is 94.0 cm³/mol. The Kier molecular flexibility index (Phi) is 8.89. The van der Waals surface area contributed by atoms with Crippen molar-refractivity contribution in [3.63, 3.8) is 0 Å². The maximum Gasteiger partial charge on any atom is 0.339 e. The van der Waals surface area contributed by atoms with Crippen molar-refractivity contribution in [3.8, 4) is 0 Å². The molecule has 0 aliphatic carbocycles. The van der Waals surface area contributed by atoms with Crippen LogP contribution in [0, 0.1) is 5.92 Å². The van der Waals surface area contributed by atoms with Gasteiger partial charge < -0.3 is 4.74 Å². The number of aryl methyl sites for hydroxylation is 1. The SMILES string of the molecule is CCCCCC(CC)CCc1cc(Cl)c(Cl)c(C(=O)OC)c1. The molecule has 0 saturated heterocycles. The van der Waals surface area contributed by atoms with Crippen LogP contribution in [0.4, 0.5) is 0 Å². The Labute approximate surface area is 144 Å². The monoisotopic (exact) mass is 344 g/mol.